The van der Waals surface area contributed by atoms with Gasteiger partial charge in [0.25, 0.3) is 0 Å². The quantitative estimate of drug-likeness (QED) is 0.823. The summed E-state index contributed by atoms with van der Waals surface area (Å²) in [6, 6.07) is 2.94. The number of aromatic carboxylic acids is 1. The van der Waals surface area contributed by atoms with Crippen LogP contribution in [0.1, 0.15) is 22.8 Å². The van der Waals surface area contributed by atoms with Crippen molar-refractivity contribution in [3.05, 3.63) is 27.7 Å². The Bertz CT molecular complexity index is 429. The van der Waals surface area contributed by atoms with Gasteiger partial charge in [-0.3, -0.25) is 4.79 Å². The van der Waals surface area contributed by atoms with E-state index in [1.165, 1.54) is 13.0 Å². The first-order chi connectivity index (χ1) is 6.91. The number of nitrogen functional groups attached to an aromatic ring is 1. The van der Waals surface area contributed by atoms with Gasteiger partial charge in [-0.1, -0.05) is 15.9 Å². The van der Waals surface area contributed by atoms with Gasteiger partial charge in [0.1, 0.15) is 5.78 Å². The zero-order chi connectivity index (χ0) is 11.6. The topological polar surface area (TPSA) is 80.4 Å². The predicted octanol–water partition coefficient (Wildman–Crippen LogP) is 1.86. The number of hydrogen-bond acceptors (Lipinski definition) is 3. The van der Waals surface area contributed by atoms with Gasteiger partial charge in [0.05, 0.1) is 5.56 Å². The van der Waals surface area contributed by atoms with Gasteiger partial charge in [0, 0.05) is 16.6 Å². The number of benzene rings is 1. The lowest BCUT2D eigenvalue weighted by Crippen LogP contribution is -2.08. The van der Waals surface area contributed by atoms with Gasteiger partial charge < -0.3 is 10.8 Å². The molecule has 0 aliphatic carbocycles. The zero-order valence-corrected chi connectivity index (χ0v) is 9.67. The van der Waals surface area contributed by atoms with Crippen molar-refractivity contribution in [2.24, 2.45) is 0 Å². The van der Waals surface area contributed by atoms with E-state index < -0.39 is 5.97 Å². The standard InChI is InChI=1S/C10H10BrNO3/c1-5(13)2-7-8(10(14)15)3-6(12)4-9(7)11/h3-4H,2,12H2,1H3,(H,14,15). The lowest BCUT2D eigenvalue weighted by Gasteiger charge is -2.08. The molecular weight excluding hydrogens is 262 g/mol. The number of halogens is 1. The summed E-state index contributed by atoms with van der Waals surface area (Å²) < 4.78 is 0.551. The first kappa shape index (κ1) is 11.7. The van der Waals surface area contributed by atoms with E-state index in [0.29, 0.717) is 15.7 Å². The van der Waals surface area contributed by atoms with Crippen LogP contribution in [0.15, 0.2) is 16.6 Å². The molecule has 80 valence electrons. The molecule has 4 nitrogen and oxygen atoms in total. The van der Waals surface area contributed by atoms with Crippen LogP contribution in [0.25, 0.3) is 0 Å². The minimum atomic E-state index is -1.08. The molecule has 0 unspecified atom stereocenters. The normalized spacial score (nSPS) is 10.0. The number of carbonyl (C=O) groups is 2. The Hall–Kier alpha value is -1.36. The third-order valence-electron chi connectivity index (χ3n) is 1.87. The van der Waals surface area contributed by atoms with Crippen molar-refractivity contribution in [1.82, 2.24) is 0 Å². The monoisotopic (exact) mass is 271 g/mol. The van der Waals surface area contributed by atoms with Crippen LogP contribution in [-0.4, -0.2) is 16.9 Å². The zero-order valence-electron chi connectivity index (χ0n) is 8.08. The van der Waals surface area contributed by atoms with Gasteiger partial charge in [-0.25, -0.2) is 4.79 Å². The summed E-state index contributed by atoms with van der Waals surface area (Å²) in [5.74, 6) is -1.18. The number of rotatable bonds is 3. The molecule has 3 N–H and O–H groups in total. The Balaban J connectivity index is 3.33. The average Bonchev–Trinajstić information content (AvgIpc) is 2.08. The van der Waals surface area contributed by atoms with Gasteiger partial charge in [-0.05, 0) is 24.6 Å². The molecule has 0 fully saturated rings. The Kier molecular flexibility index (Phi) is 3.47. The molecule has 0 radical (unpaired) electrons. The second-order valence-electron chi connectivity index (χ2n) is 3.21. The van der Waals surface area contributed by atoms with Crippen molar-refractivity contribution in [2.75, 3.05) is 5.73 Å². The van der Waals surface area contributed by atoms with E-state index in [1.54, 1.807) is 6.07 Å². The van der Waals surface area contributed by atoms with Gasteiger partial charge in [-0.15, -0.1) is 0 Å². The number of hydrogen-bond donors (Lipinski definition) is 2. The molecule has 1 aromatic carbocycles. The van der Waals surface area contributed by atoms with E-state index in [1.807, 2.05) is 0 Å². The molecule has 0 aliphatic heterocycles. The number of carboxylic acids is 1. The van der Waals surface area contributed by atoms with Crippen LogP contribution in [0.3, 0.4) is 0 Å². The summed E-state index contributed by atoms with van der Waals surface area (Å²) in [5, 5.41) is 8.94. The highest BCUT2D eigenvalue weighted by atomic mass is 79.9. The molecule has 1 rings (SSSR count). The molecule has 15 heavy (non-hydrogen) atoms. The molecule has 0 saturated heterocycles. The Morgan fingerprint density at radius 3 is 2.53 bits per heavy atom. The van der Waals surface area contributed by atoms with Crippen molar-refractivity contribution in [2.45, 2.75) is 13.3 Å². The lowest BCUT2D eigenvalue weighted by molar-refractivity contribution is -0.116. The van der Waals surface area contributed by atoms with Crippen LogP contribution in [0.5, 0.6) is 0 Å². The van der Waals surface area contributed by atoms with Gasteiger partial charge in [-0.2, -0.15) is 0 Å². The number of carboxylic acid groups (broad SMARTS) is 1. The van der Waals surface area contributed by atoms with E-state index in [-0.39, 0.29) is 17.8 Å². The fourth-order valence-corrected chi connectivity index (χ4v) is 1.90. The largest absolute Gasteiger partial charge is 0.478 e. The number of Topliss-reactive ketones (excluding diaryl/α,β-unsaturated/α-hetero) is 1. The van der Waals surface area contributed by atoms with Gasteiger partial charge in [0.2, 0.25) is 0 Å². The molecule has 1 aromatic rings. The van der Waals surface area contributed by atoms with E-state index >= 15 is 0 Å². The number of nitrogens with two attached hydrogens (primary N) is 1. The molecule has 0 saturated carbocycles. The molecule has 0 amide bonds. The van der Waals surface area contributed by atoms with Crippen molar-refractivity contribution in [3.8, 4) is 0 Å². The molecule has 0 atom stereocenters. The molecular formula is C10H10BrNO3. The molecule has 5 heteroatoms. The minimum absolute atomic E-state index is 0.0667. The Labute approximate surface area is 95.2 Å². The smallest absolute Gasteiger partial charge is 0.336 e. The summed E-state index contributed by atoms with van der Waals surface area (Å²) >= 11 is 3.20. The third-order valence-corrected chi connectivity index (χ3v) is 2.58. The van der Waals surface area contributed by atoms with Crippen LogP contribution < -0.4 is 5.73 Å². The van der Waals surface area contributed by atoms with Crippen LogP contribution in [0.2, 0.25) is 0 Å². The highest BCUT2D eigenvalue weighted by Gasteiger charge is 2.15. The SMILES string of the molecule is CC(=O)Cc1c(Br)cc(N)cc1C(=O)O. The Morgan fingerprint density at radius 1 is 1.47 bits per heavy atom. The maximum Gasteiger partial charge on any atom is 0.336 e. The van der Waals surface area contributed by atoms with E-state index in [9.17, 15) is 9.59 Å². The fourth-order valence-electron chi connectivity index (χ4n) is 1.28. The van der Waals surface area contributed by atoms with Crippen molar-refractivity contribution in [3.63, 3.8) is 0 Å². The van der Waals surface area contributed by atoms with Crippen LogP contribution in [-0.2, 0) is 11.2 Å². The molecule has 0 aliphatic rings. The fraction of sp³-hybridized carbons (Fsp3) is 0.200. The van der Waals surface area contributed by atoms with Crippen molar-refractivity contribution >= 4 is 33.4 Å². The molecule has 0 spiro atoms. The minimum Gasteiger partial charge on any atom is -0.478 e. The van der Waals surface area contributed by atoms with Gasteiger partial charge in [0.15, 0.2) is 0 Å². The van der Waals surface area contributed by atoms with Crippen LogP contribution in [0, 0.1) is 0 Å². The summed E-state index contributed by atoms with van der Waals surface area (Å²) in [7, 11) is 0. The van der Waals surface area contributed by atoms with Gasteiger partial charge >= 0.3 is 5.97 Å². The van der Waals surface area contributed by atoms with Crippen molar-refractivity contribution in [1.29, 1.82) is 0 Å². The first-order valence-electron chi connectivity index (χ1n) is 4.22. The third kappa shape index (κ3) is 2.79. The van der Waals surface area contributed by atoms with Crippen LogP contribution in [0.4, 0.5) is 5.69 Å². The highest BCUT2D eigenvalue weighted by Crippen LogP contribution is 2.25. The summed E-state index contributed by atoms with van der Waals surface area (Å²) in [5.41, 5.74) is 6.40. The molecule has 0 bridgehead atoms. The maximum atomic E-state index is 11.0. The van der Waals surface area contributed by atoms with E-state index in [4.69, 9.17) is 10.8 Å². The average molecular weight is 272 g/mol. The number of carbonyl (C=O) groups excluding carboxylic acids is 1. The summed E-state index contributed by atoms with van der Waals surface area (Å²) in [4.78, 5) is 21.9. The second kappa shape index (κ2) is 4.44. The van der Waals surface area contributed by atoms with Crippen molar-refractivity contribution < 1.29 is 14.7 Å². The summed E-state index contributed by atoms with van der Waals surface area (Å²) in [6.45, 7) is 1.41. The first-order valence-corrected chi connectivity index (χ1v) is 5.01. The highest BCUT2D eigenvalue weighted by molar-refractivity contribution is 9.10. The number of anilines is 1. The summed E-state index contributed by atoms with van der Waals surface area (Å²) in [6.07, 6.45) is 0.0858. The van der Waals surface area contributed by atoms with E-state index in [2.05, 4.69) is 15.9 Å². The Morgan fingerprint density at radius 2 is 2.07 bits per heavy atom. The predicted molar refractivity (Wildman–Crippen MR) is 59.9 cm³/mol. The second-order valence-corrected chi connectivity index (χ2v) is 4.07. The molecule has 0 aromatic heterocycles. The van der Waals surface area contributed by atoms with Crippen LogP contribution >= 0.6 is 15.9 Å². The number of ketones is 1. The lowest BCUT2D eigenvalue weighted by atomic mass is 10.0. The van der Waals surface area contributed by atoms with E-state index in [0.717, 1.165) is 0 Å². The molecule has 0 heterocycles. The maximum absolute atomic E-state index is 11.0.